The van der Waals surface area contributed by atoms with Gasteiger partial charge in [0.2, 0.25) is 0 Å². The molecule has 0 bridgehead atoms. The molecule has 21 heavy (non-hydrogen) atoms. The van der Waals surface area contributed by atoms with E-state index >= 15 is 0 Å². The molecule has 114 valence electrons. The second-order valence-electron chi connectivity index (χ2n) is 8.99. The molecule has 6 aliphatic rings. The van der Waals surface area contributed by atoms with Gasteiger partial charge in [-0.2, -0.15) is 0 Å². The van der Waals surface area contributed by atoms with Gasteiger partial charge in [0.05, 0.1) is 12.2 Å². The standard InChI is InChI=1S/C18H24O3/c1-16-5-4-12-11(13(16)8-14-15(16)20-14)3-6-17-9-10(19)2-7-18(12,17)21-17/h11-15H,2-9H2,1H3/t11?,12?,13?,14?,15?,16-,17-,18-/m0/s1. The lowest BCUT2D eigenvalue weighted by atomic mass is 9.50. The first-order valence-electron chi connectivity index (χ1n) is 8.95. The van der Waals surface area contributed by atoms with Gasteiger partial charge < -0.3 is 9.47 Å². The van der Waals surface area contributed by atoms with Crippen molar-refractivity contribution in [2.24, 2.45) is 23.2 Å². The molecule has 0 N–H and O–H groups in total. The lowest BCUT2D eigenvalue weighted by molar-refractivity contribution is -0.123. The van der Waals surface area contributed by atoms with Crippen LogP contribution in [0.25, 0.3) is 0 Å². The zero-order chi connectivity index (χ0) is 14.0. The fourth-order valence-electron chi connectivity index (χ4n) is 7.44. The number of fused-ring (bicyclic) bond motifs is 5. The Bertz CT molecular complexity index is 559. The van der Waals surface area contributed by atoms with E-state index in [-0.39, 0.29) is 11.2 Å². The van der Waals surface area contributed by atoms with Crippen LogP contribution in [0, 0.1) is 23.2 Å². The summed E-state index contributed by atoms with van der Waals surface area (Å²) in [5.74, 6) is 2.87. The van der Waals surface area contributed by atoms with Crippen molar-refractivity contribution in [3.63, 3.8) is 0 Å². The van der Waals surface area contributed by atoms with Crippen molar-refractivity contribution in [3.8, 4) is 0 Å². The van der Waals surface area contributed by atoms with Crippen molar-refractivity contribution in [1.82, 2.24) is 0 Å². The molecule has 0 aromatic heterocycles. The van der Waals surface area contributed by atoms with Crippen molar-refractivity contribution >= 4 is 5.78 Å². The average Bonchev–Trinajstić information content (AvgIpc) is 3.32. The number of hydrogen-bond acceptors (Lipinski definition) is 3. The number of carbonyl (C=O) groups is 1. The fraction of sp³-hybridized carbons (Fsp3) is 0.944. The highest BCUT2D eigenvalue weighted by Gasteiger charge is 2.79. The summed E-state index contributed by atoms with van der Waals surface area (Å²) in [6, 6.07) is 0. The highest BCUT2D eigenvalue weighted by atomic mass is 16.6. The summed E-state index contributed by atoms with van der Waals surface area (Å²) in [7, 11) is 0. The zero-order valence-electron chi connectivity index (χ0n) is 12.8. The summed E-state index contributed by atoms with van der Waals surface area (Å²) in [6.07, 6.45) is 9.99. The van der Waals surface area contributed by atoms with E-state index in [4.69, 9.17) is 9.47 Å². The lowest BCUT2D eigenvalue weighted by Crippen LogP contribution is -2.53. The van der Waals surface area contributed by atoms with E-state index in [0.717, 1.165) is 37.0 Å². The van der Waals surface area contributed by atoms with Crippen molar-refractivity contribution in [2.45, 2.75) is 81.7 Å². The molecule has 0 spiro atoms. The Morgan fingerprint density at radius 2 is 2.05 bits per heavy atom. The second kappa shape index (κ2) is 3.26. The molecule has 8 atom stereocenters. The second-order valence-corrected chi connectivity index (χ2v) is 8.99. The molecule has 4 aliphatic carbocycles. The van der Waals surface area contributed by atoms with Gasteiger partial charge in [-0.05, 0) is 61.7 Å². The van der Waals surface area contributed by atoms with Crippen molar-refractivity contribution in [3.05, 3.63) is 0 Å². The maximum Gasteiger partial charge on any atom is 0.136 e. The van der Waals surface area contributed by atoms with E-state index in [9.17, 15) is 4.79 Å². The molecular formula is C18H24O3. The highest BCUT2D eigenvalue weighted by Crippen LogP contribution is 2.74. The Balaban J connectivity index is 1.37. The summed E-state index contributed by atoms with van der Waals surface area (Å²) in [6.45, 7) is 2.49. The molecule has 0 aromatic rings. The van der Waals surface area contributed by atoms with E-state index in [0.29, 0.717) is 29.8 Å². The van der Waals surface area contributed by atoms with E-state index < -0.39 is 0 Å². The number of ketones is 1. The Hall–Kier alpha value is -0.410. The van der Waals surface area contributed by atoms with Gasteiger partial charge in [-0.15, -0.1) is 0 Å². The lowest BCUT2D eigenvalue weighted by Gasteiger charge is -2.52. The van der Waals surface area contributed by atoms with Gasteiger partial charge in [-0.25, -0.2) is 0 Å². The first-order valence-corrected chi connectivity index (χ1v) is 8.95. The van der Waals surface area contributed by atoms with E-state index in [2.05, 4.69) is 6.92 Å². The third-order valence-corrected chi connectivity index (χ3v) is 8.44. The number of carbonyl (C=O) groups excluding carboxylic acids is 1. The minimum Gasteiger partial charge on any atom is -0.369 e. The predicted octanol–water partition coefficient (Wildman–Crippen LogP) is 2.86. The van der Waals surface area contributed by atoms with Gasteiger partial charge in [0, 0.05) is 12.8 Å². The van der Waals surface area contributed by atoms with Gasteiger partial charge in [-0.1, -0.05) is 6.92 Å². The average molecular weight is 288 g/mol. The van der Waals surface area contributed by atoms with Crippen LogP contribution in [0.15, 0.2) is 0 Å². The van der Waals surface area contributed by atoms with E-state index in [1.165, 1.54) is 25.7 Å². The van der Waals surface area contributed by atoms with Crippen LogP contribution in [0.5, 0.6) is 0 Å². The van der Waals surface area contributed by atoms with Crippen molar-refractivity contribution in [1.29, 1.82) is 0 Å². The van der Waals surface area contributed by atoms with Gasteiger partial charge in [-0.3, -0.25) is 4.79 Å². The Kier molecular flexibility index (Phi) is 1.87. The van der Waals surface area contributed by atoms with Gasteiger partial charge >= 0.3 is 0 Å². The van der Waals surface area contributed by atoms with Crippen LogP contribution in [-0.4, -0.2) is 29.2 Å². The molecule has 2 aliphatic heterocycles. The van der Waals surface area contributed by atoms with Crippen molar-refractivity contribution in [2.75, 3.05) is 0 Å². The van der Waals surface area contributed by atoms with Crippen LogP contribution < -0.4 is 0 Å². The summed E-state index contributed by atoms with van der Waals surface area (Å²) >= 11 is 0. The summed E-state index contributed by atoms with van der Waals surface area (Å²) in [4.78, 5) is 11.9. The topological polar surface area (TPSA) is 42.1 Å². The van der Waals surface area contributed by atoms with Crippen LogP contribution in [0.1, 0.15) is 58.3 Å². The molecule has 5 unspecified atom stereocenters. The Morgan fingerprint density at radius 3 is 2.95 bits per heavy atom. The number of epoxide rings is 2. The smallest absolute Gasteiger partial charge is 0.136 e. The third kappa shape index (κ3) is 1.18. The predicted molar refractivity (Wildman–Crippen MR) is 75.7 cm³/mol. The maximum atomic E-state index is 11.9. The zero-order valence-corrected chi connectivity index (χ0v) is 12.8. The molecule has 0 aromatic carbocycles. The van der Waals surface area contributed by atoms with Crippen LogP contribution in [0.3, 0.4) is 0 Å². The monoisotopic (exact) mass is 288 g/mol. The molecule has 2 heterocycles. The molecule has 2 saturated heterocycles. The first kappa shape index (κ1) is 12.1. The quantitative estimate of drug-likeness (QED) is 0.644. The van der Waals surface area contributed by atoms with E-state index in [1.54, 1.807) is 0 Å². The summed E-state index contributed by atoms with van der Waals surface area (Å²) < 4.78 is 12.3. The Labute approximate surface area is 125 Å². The molecule has 3 heteroatoms. The maximum absolute atomic E-state index is 11.9. The third-order valence-electron chi connectivity index (χ3n) is 8.44. The van der Waals surface area contributed by atoms with Crippen LogP contribution in [-0.2, 0) is 14.3 Å². The number of rotatable bonds is 0. The van der Waals surface area contributed by atoms with Gasteiger partial charge in [0.1, 0.15) is 17.0 Å². The van der Waals surface area contributed by atoms with E-state index in [1.807, 2.05) is 0 Å². The molecule has 6 fully saturated rings. The number of Topliss-reactive ketones (excluding diaryl/α,β-unsaturated/α-hetero) is 1. The molecule has 6 rings (SSSR count). The van der Waals surface area contributed by atoms with Crippen molar-refractivity contribution < 1.29 is 14.3 Å². The van der Waals surface area contributed by atoms with Crippen LogP contribution in [0.2, 0.25) is 0 Å². The molecule has 0 radical (unpaired) electrons. The number of ether oxygens (including phenoxy) is 2. The van der Waals surface area contributed by atoms with Crippen LogP contribution >= 0.6 is 0 Å². The molecular weight excluding hydrogens is 264 g/mol. The molecule has 3 nitrogen and oxygen atoms in total. The number of hydrogen-bond donors (Lipinski definition) is 0. The van der Waals surface area contributed by atoms with Crippen LogP contribution in [0.4, 0.5) is 0 Å². The largest absolute Gasteiger partial charge is 0.369 e. The highest BCUT2D eigenvalue weighted by molar-refractivity contribution is 5.82. The molecule has 0 amide bonds. The minimum absolute atomic E-state index is 0.0186. The Morgan fingerprint density at radius 1 is 1.14 bits per heavy atom. The SMILES string of the molecule is C[C@]12CCC3C(CC[C@]45CC(=O)CC[C@]34O5)C1CC1OC12. The molecule has 4 saturated carbocycles. The first-order chi connectivity index (χ1) is 10.1. The minimum atomic E-state index is -0.0186. The fourth-order valence-corrected chi connectivity index (χ4v) is 7.44. The van der Waals surface area contributed by atoms with Gasteiger partial charge in [0.25, 0.3) is 0 Å². The summed E-state index contributed by atoms with van der Waals surface area (Å²) in [5, 5.41) is 0. The summed E-state index contributed by atoms with van der Waals surface area (Å²) in [5.41, 5.74) is 0.538. The normalized spacial score (nSPS) is 66.5. The van der Waals surface area contributed by atoms with Gasteiger partial charge in [0.15, 0.2) is 0 Å².